The molecule has 0 unspecified atom stereocenters. The van der Waals surface area contributed by atoms with Crippen molar-refractivity contribution in [2.75, 3.05) is 11.6 Å². The minimum Gasteiger partial charge on any atom is -0.324 e. The number of nitrogens with one attached hydrogen (secondary N) is 1. The summed E-state index contributed by atoms with van der Waals surface area (Å²) in [6.45, 7) is 0. The highest BCUT2D eigenvalue weighted by atomic mass is 32.5. The molecule has 188 valence electrons. The second-order valence-corrected chi connectivity index (χ2v) is 12.1. The van der Waals surface area contributed by atoms with Crippen LogP contribution in [0, 0.1) is 28.9 Å². The van der Waals surface area contributed by atoms with E-state index in [0.717, 1.165) is 24.5 Å². The number of nitriles is 1. The molecule has 6 nitrogen and oxygen atoms in total. The molecule has 0 saturated carbocycles. The van der Waals surface area contributed by atoms with Crippen LogP contribution >= 0.6 is 10.2 Å². The van der Waals surface area contributed by atoms with E-state index in [1.807, 2.05) is 0 Å². The summed E-state index contributed by atoms with van der Waals surface area (Å²) in [5.74, 6) is -4.72. The molecule has 1 heterocycles. The van der Waals surface area contributed by atoms with E-state index in [9.17, 15) is 36.8 Å². The van der Waals surface area contributed by atoms with E-state index in [-0.39, 0.29) is 12.1 Å². The van der Waals surface area contributed by atoms with Crippen LogP contribution in [0.15, 0.2) is 51.9 Å². The van der Waals surface area contributed by atoms with Crippen LogP contribution < -0.4 is 5.32 Å². The molecule has 0 aliphatic heterocycles. The minimum atomic E-state index is -10.2. The molecule has 1 atom stereocenters. The maximum absolute atomic E-state index is 14.2. The molecule has 3 rings (SSSR count). The van der Waals surface area contributed by atoms with Crippen molar-refractivity contribution in [2.24, 2.45) is 4.36 Å². The average Bonchev–Trinajstić information content (AvgIpc) is 2.67. The zero-order valence-electron chi connectivity index (χ0n) is 17.3. The zero-order valence-corrected chi connectivity index (χ0v) is 18.9. The van der Waals surface area contributed by atoms with Gasteiger partial charge in [-0.1, -0.05) is 19.4 Å². The number of nitrogens with zero attached hydrogens (tertiary/aromatic N) is 4. The lowest BCUT2D eigenvalue weighted by Gasteiger charge is -2.41. The first-order valence-corrected chi connectivity index (χ1v) is 13.1. The van der Waals surface area contributed by atoms with E-state index in [4.69, 9.17) is 5.26 Å². The van der Waals surface area contributed by atoms with Gasteiger partial charge in [-0.3, -0.25) is 0 Å². The number of anilines is 2. The standard InChI is InChI=1S/C19H13F8N5OS2/c1-34(33,30-10-28)9-11-4-13(7-14(5-11)35(23,24,25,26)27)31-19-29-8-17(22)18(32-19)15-3-2-12(20)6-16(15)21/h2-8H,9H2,1H3,(H,29,31,32)/t34-/m1/s1. The largest absolute Gasteiger partial charge is 0.324 e. The number of rotatable bonds is 6. The van der Waals surface area contributed by atoms with Crippen LogP contribution in [0.5, 0.6) is 0 Å². The fourth-order valence-electron chi connectivity index (χ4n) is 2.89. The maximum Gasteiger partial charge on any atom is 0.310 e. The quantitative estimate of drug-likeness (QED) is 0.266. The highest BCUT2D eigenvalue weighted by Gasteiger charge is 2.65. The summed E-state index contributed by atoms with van der Waals surface area (Å²) in [6.07, 6.45) is 2.72. The number of hydrogen-bond donors (Lipinski definition) is 1. The van der Waals surface area contributed by atoms with Gasteiger partial charge in [0.15, 0.2) is 5.82 Å². The molecule has 0 saturated heterocycles. The Hall–Kier alpha value is -3.45. The Morgan fingerprint density at radius 3 is 2.34 bits per heavy atom. The van der Waals surface area contributed by atoms with Crippen LogP contribution in [0.1, 0.15) is 5.56 Å². The van der Waals surface area contributed by atoms with Gasteiger partial charge in [0.05, 0.1) is 21.7 Å². The molecule has 2 aromatic carbocycles. The van der Waals surface area contributed by atoms with Crippen LogP contribution in [0.25, 0.3) is 11.3 Å². The van der Waals surface area contributed by atoms with Crippen molar-refractivity contribution in [3.63, 3.8) is 0 Å². The predicted octanol–water partition coefficient (Wildman–Crippen LogP) is 7.04. The van der Waals surface area contributed by atoms with Crippen LogP contribution in [-0.4, -0.2) is 20.4 Å². The Kier molecular flexibility index (Phi) is 6.02. The Morgan fingerprint density at radius 1 is 1.06 bits per heavy atom. The van der Waals surface area contributed by atoms with Crippen molar-refractivity contribution in [1.82, 2.24) is 9.97 Å². The van der Waals surface area contributed by atoms with E-state index >= 15 is 0 Å². The lowest BCUT2D eigenvalue weighted by molar-refractivity contribution is 0.364. The molecule has 1 N–H and O–H groups in total. The SMILES string of the molecule is C[S@@](=O)(Cc1cc(Nc2ncc(F)c(-c3ccc(F)cc3F)n2)cc(S(F)(F)(F)(F)F)c1)=NC#N. The summed E-state index contributed by atoms with van der Waals surface area (Å²) >= 11 is 0. The van der Waals surface area contributed by atoms with Gasteiger partial charge in [0, 0.05) is 23.6 Å². The molecule has 0 radical (unpaired) electrons. The lowest BCUT2D eigenvalue weighted by Crippen LogP contribution is -2.10. The first kappa shape index (κ1) is 26.2. The van der Waals surface area contributed by atoms with E-state index in [0.29, 0.717) is 12.3 Å². The molecule has 16 heteroatoms. The second kappa shape index (κ2) is 8.05. The van der Waals surface area contributed by atoms with Gasteiger partial charge >= 0.3 is 10.2 Å². The van der Waals surface area contributed by atoms with Crippen LogP contribution in [0.2, 0.25) is 0 Å². The smallest absolute Gasteiger partial charge is 0.310 e. The van der Waals surface area contributed by atoms with Gasteiger partial charge in [-0.05, 0) is 35.9 Å². The topological polar surface area (TPSA) is 91.0 Å². The third kappa shape index (κ3) is 6.57. The molecular weight excluding hydrogens is 530 g/mol. The second-order valence-electron chi connectivity index (χ2n) is 7.27. The van der Waals surface area contributed by atoms with Crippen molar-refractivity contribution in [3.05, 3.63) is 65.6 Å². The summed E-state index contributed by atoms with van der Waals surface area (Å²) in [5, 5.41) is 10.8. The van der Waals surface area contributed by atoms with E-state index < -0.39 is 76.5 Å². The number of halogens is 8. The fourth-order valence-corrected chi connectivity index (χ4v) is 4.64. The minimum absolute atomic E-state index is 0.0365. The van der Waals surface area contributed by atoms with Gasteiger partial charge < -0.3 is 5.32 Å². The molecule has 0 aliphatic carbocycles. The molecule has 3 aromatic rings. The van der Waals surface area contributed by atoms with Crippen LogP contribution in [0.3, 0.4) is 0 Å². The Morgan fingerprint density at radius 2 is 1.74 bits per heavy atom. The third-order valence-electron chi connectivity index (χ3n) is 4.27. The third-order valence-corrected chi connectivity index (χ3v) is 6.73. The molecule has 0 bridgehead atoms. The van der Waals surface area contributed by atoms with E-state index in [1.54, 1.807) is 0 Å². The van der Waals surface area contributed by atoms with E-state index in [2.05, 4.69) is 19.6 Å². The monoisotopic (exact) mass is 543 g/mol. The molecule has 1 aromatic heterocycles. The van der Waals surface area contributed by atoms with Crippen molar-refractivity contribution in [3.8, 4) is 17.5 Å². The molecule has 0 fully saturated rings. The maximum atomic E-state index is 14.2. The normalized spacial score (nSPS) is 15.3. The van der Waals surface area contributed by atoms with Crippen molar-refractivity contribution < 1.29 is 36.8 Å². The van der Waals surface area contributed by atoms with E-state index in [1.165, 1.54) is 6.19 Å². The Labute approximate surface area is 193 Å². The van der Waals surface area contributed by atoms with Gasteiger partial charge in [0.2, 0.25) is 12.1 Å². The summed E-state index contributed by atoms with van der Waals surface area (Å²) in [7, 11) is -13.6. The Bertz CT molecular complexity index is 1500. The fraction of sp³-hybridized carbons (Fsp3) is 0.105. The predicted molar refractivity (Wildman–Crippen MR) is 114 cm³/mol. The number of benzene rings is 2. The lowest BCUT2D eigenvalue weighted by atomic mass is 10.1. The summed E-state index contributed by atoms with van der Waals surface area (Å²) in [4.78, 5) is 4.80. The highest BCUT2D eigenvalue weighted by Crippen LogP contribution is 3.02. The van der Waals surface area contributed by atoms with Gasteiger partial charge in [0.1, 0.15) is 22.2 Å². The van der Waals surface area contributed by atoms with Gasteiger partial charge in [0.25, 0.3) is 0 Å². The van der Waals surface area contributed by atoms with Crippen LogP contribution in [-0.2, 0) is 15.5 Å². The summed E-state index contributed by atoms with van der Waals surface area (Å²) in [6, 6.07) is 3.13. The first-order valence-electron chi connectivity index (χ1n) is 9.08. The van der Waals surface area contributed by atoms with Gasteiger partial charge in [-0.15, -0.1) is 4.36 Å². The molecule has 0 spiro atoms. The molecule has 0 amide bonds. The molecule has 0 aliphatic rings. The van der Waals surface area contributed by atoms with Gasteiger partial charge in [-0.2, -0.15) is 5.26 Å². The molecular formula is C19H13F8N5OS2. The van der Waals surface area contributed by atoms with Crippen molar-refractivity contribution >= 4 is 31.6 Å². The Balaban J connectivity index is 2.12. The average molecular weight is 543 g/mol. The number of hydrogen-bond acceptors (Lipinski definition) is 6. The van der Waals surface area contributed by atoms with Crippen molar-refractivity contribution in [1.29, 1.82) is 5.26 Å². The number of aromatic nitrogens is 2. The first-order chi connectivity index (χ1) is 15.9. The highest BCUT2D eigenvalue weighted by molar-refractivity contribution is 8.45. The summed E-state index contributed by atoms with van der Waals surface area (Å²) < 4.78 is 124. The molecule has 35 heavy (non-hydrogen) atoms. The summed E-state index contributed by atoms with van der Waals surface area (Å²) in [5.41, 5.74) is -2.36. The van der Waals surface area contributed by atoms with Crippen LogP contribution in [0.4, 0.5) is 44.2 Å². The van der Waals surface area contributed by atoms with Gasteiger partial charge in [-0.25, -0.2) is 27.3 Å². The zero-order chi connectivity index (χ0) is 26.3. The van der Waals surface area contributed by atoms with Crippen molar-refractivity contribution in [2.45, 2.75) is 10.6 Å².